The molecule has 0 aromatic heterocycles. The van der Waals surface area contributed by atoms with Gasteiger partial charge in [-0.3, -0.25) is 0 Å². The second kappa shape index (κ2) is 9.40. The molecule has 0 saturated heterocycles. The molecule has 0 aliphatic rings. The van der Waals surface area contributed by atoms with Crippen LogP contribution in [0.15, 0.2) is 12.1 Å². The number of unbranched alkanes of at least 4 members (excludes halogenated alkanes) is 1. The van der Waals surface area contributed by atoms with E-state index in [1.807, 2.05) is 0 Å². The molecule has 0 aliphatic carbocycles. The van der Waals surface area contributed by atoms with E-state index in [0.717, 1.165) is 38.0 Å². The molecular weight excluding hydrogens is 262 g/mol. The summed E-state index contributed by atoms with van der Waals surface area (Å²) in [7, 11) is 0. The summed E-state index contributed by atoms with van der Waals surface area (Å²) in [4.78, 5) is 0. The van der Waals surface area contributed by atoms with Gasteiger partial charge in [0.15, 0.2) is 0 Å². The summed E-state index contributed by atoms with van der Waals surface area (Å²) < 4.78 is 32.5. The average molecular weight is 282 g/mol. The highest BCUT2D eigenvalue weighted by Crippen LogP contribution is 2.14. The predicted octanol–water partition coefficient (Wildman–Crippen LogP) is 3.13. The van der Waals surface area contributed by atoms with E-state index in [1.165, 1.54) is 0 Å². The molecule has 5 heteroatoms. The molecule has 0 radical (unpaired) electrons. The first-order valence-electron chi connectivity index (χ1n) is 6.85. The maximum atomic E-state index is 13.6. The van der Waals surface area contributed by atoms with Crippen LogP contribution >= 0.6 is 0 Å². The standard InChI is InChI=1S/C15H20F2N2O/c1-2-3-6-20-7-4-5-19-11-13-14(16)8-12(10-18)9-15(13)17/h8-9,19H,2-7,11H2,1H3. The van der Waals surface area contributed by atoms with Crippen LogP contribution in [0.2, 0.25) is 0 Å². The van der Waals surface area contributed by atoms with Crippen molar-refractivity contribution in [3.8, 4) is 6.07 Å². The van der Waals surface area contributed by atoms with Crippen LogP contribution in [0.3, 0.4) is 0 Å². The van der Waals surface area contributed by atoms with Crippen molar-refractivity contribution in [3.05, 3.63) is 34.9 Å². The Bertz CT molecular complexity index is 435. The van der Waals surface area contributed by atoms with Gasteiger partial charge in [-0.15, -0.1) is 0 Å². The van der Waals surface area contributed by atoms with Gasteiger partial charge in [-0.25, -0.2) is 8.78 Å². The fourth-order valence-corrected chi connectivity index (χ4v) is 1.70. The Morgan fingerprint density at radius 1 is 1.20 bits per heavy atom. The smallest absolute Gasteiger partial charge is 0.131 e. The van der Waals surface area contributed by atoms with Crippen LogP contribution in [0.1, 0.15) is 37.3 Å². The van der Waals surface area contributed by atoms with Gasteiger partial charge >= 0.3 is 0 Å². The maximum absolute atomic E-state index is 13.6. The van der Waals surface area contributed by atoms with Gasteiger partial charge in [0.2, 0.25) is 0 Å². The molecule has 0 aliphatic heterocycles. The van der Waals surface area contributed by atoms with E-state index in [-0.39, 0.29) is 17.7 Å². The molecule has 0 unspecified atom stereocenters. The van der Waals surface area contributed by atoms with Crippen molar-refractivity contribution < 1.29 is 13.5 Å². The lowest BCUT2D eigenvalue weighted by atomic mass is 10.1. The van der Waals surface area contributed by atoms with Crippen LogP contribution in [-0.2, 0) is 11.3 Å². The summed E-state index contributed by atoms with van der Waals surface area (Å²) in [6, 6.07) is 3.82. The Morgan fingerprint density at radius 2 is 1.85 bits per heavy atom. The zero-order chi connectivity index (χ0) is 14.8. The minimum atomic E-state index is -0.687. The van der Waals surface area contributed by atoms with Crippen molar-refractivity contribution in [2.24, 2.45) is 0 Å². The Kier molecular flexibility index (Phi) is 7.78. The van der Waals surface area contributed by atoms with E-state index in [4.69, 9.17) is 10.00 Å². The average Bonchev–Trinajstić information content (AvgIpc) is 2.43. The maximum Gasteiger partial charge on any atom is 0.131 e. The third kappa shape index (κ3) is 5.64. The van der Waals surface area contributed by atoms with Crippen LogP contribution in [-0.4, -0.2) is 19.8 Å². The van der Waals surface area contributed by atoms with Crippen molar-refractivity contribution in [2.75, 3.05) is 19.8 Å². The summed E-state index contributed by atoms with van der Waals surface area (Å²) in [5.74, 6) is -1.37. The fourth-order valence-electron chi connectivity index (χ4n) is 1.70. The van der Waals surface area contributed by atoms with Gasteiger partial charge in [0.1, 0.15) is 11.6 Å². The van der Waals surface area contributed by atoms with Gasteiger partial charge in [-0.05, 0) is 31.5 Å². The minimum absolute atomic E-state index is 0.00641. The molecule has 3 nitrogen and oxygen atoms in total. The molecule has 1 rings (SSSR count). The third-order valence-corrected chi connectivity index (χ3v) is 2.86. The minimum Gasteiger partial charge on any atom is -0.381 e. The topological polar surface area (TPSA) is 45.0 Å². The molecule has 0 spiro atoms. The molecule has 110 valence electrons. The molecule has 0 saturated carbocycles. The van der Waals surface area contributed by atoms with Crippen LogP contribution in [0.5, 0.6) is 0 Å². The lowest BCUT2D eigenvalue weighted by Gasteiger charge is -2.08. The SMILES string of the molecule is CCCCOCCCNCc1c(F)cc(C#N)cc1F. The number of hydrogen-bond acceptors (Lipinski definition) is 3. The van der Waals surface area contributed by atoms with E-state index in [1.54, 1.807) is 6.07 Å². The van der Waals surface area contributed by atoms with Gasteiger partial charge in [0.25, 0.3) is 0 Å². The van der Waals surface area contributed by atoms with Crippen molar-refractivity contribution in [1.82, 2.24) is 5.32 Å². The Labute approximate surface area is 118 Å². The summed E-state index contributed by atoms with van der Waals surface area (Å²) in [5, 5.41) is 11.6. The molecule has 0 heterocycles. The highest BCUT2D eigenvalue weighted by molar-refractivity contribution is 5.34. The normalized spacial score (nSPS) is 10.5. The molecular formula is C15H20F2N2O. The molecule has 1 aromatic rings. The number of hydrogen-bond donors (Lipinski definition) is 1. The van der Waals surface area contributed by atoms with E-state index in [9.17, 15) is 8.78 Å². The number of nitrogens with zero attached hydrogens (tertiary/aromatic N) is 1. The highest BCUT2D eigenvalue weighted by atomic mass is 19.1. The van der Waals surface area contributed by atoms with Gasteiger partial charge in [-0.2, -0.15) is 5.26 Å². The van der Waals surface area contributed by atoms with Crippen molar-refractivity contribution in [3.63, 3.8) is 0 Å². The van der Waals surface area contributed by atoms with Crippen molar-refractivity contribution >= 4 is 0 Å². The summed E-state index contributed by atoms with van der Waals surface area (Å²) in [5.41, 5.74) is -0.0380. The molecule has 0 fully saturated rings. The largest absolute Gasteiger partial charge is 0.381 e. The summed E-state index contributed by atoms with van der Waals surface area (Å²) >= 11 is 0. The van der Waals surface area contributed by atoms with E-state index in [2.05, 4.69) is 12.2 Å². The van der Waals surface area contributed by atoms with Crippen LogP contribution in [0.25, 0.3) is 0 Å². The highest BCUT2D eigenvalue weighted by Gasteiger charge is 2.10. The van der Waals surface area contributed by atoms with Gasteiger partial charge in [0.05, 0.1) is 11.6 Å². The monoisotopic (exact) mass is 282 g/mol. The molecule has 1 aromatic carbocycles. The van der Waals surface area contributed by atoms with Crippen molar-refractivity contribution in [1.29, 1.82) is 5.26 Å². The summed E-state index contributed by atoms with van der Waals surface area (Å²) in [6.07, 6.45) is 2.95. The van der Waals surface area contributed by atoms with Crippen LogP contribution in [0, 0.1) is 23.0 Å². The number of halogens is 2. The first kappa shape index (κ1) is 16.5. The number of rotatable bonds is 9. The Morgan fingerprint density at radius 3 is 2.45 bits per heavy atom. The van der Waals surface area contributed by atoms with Crippen LogP contribution in [0.4, 0.5) is 8.78 Å². The lowest BCUT2D eigenvalue weighted by molar-refractivity contribution is 0.128. The molecule has 20 heavy (non-hydrogen) atoms. The number of nitrogens with one attached hydrogen (secondary N) is 1. The number of nitriles is 1. The number of benzene rings is 1. The van der Waals surface area contributed by atoms with Gasteiger partial charge in [-0.1, -0.05) is 13.3 Å². The van der Waals surface area contributed by atoms with Gasteiger partial charge < -0.3 is 10.1 Å². The molecule has 0 bridgehead atoms. The zero-order valence-electron chi connectivity index (χ0n) is 11.7. The summed E-state index contributed by atoms with van der Waals surface area (Å²) in [6.45, 7) is 4.25. The van der Waals surface area contributed by atoms with E-state index >= 15 is 0 Å². The predicted molar refractivity (Wildman–Crippen MR) is 73.1 cm³/mol. The molecule has 0 amide bonds. The lowest BCUT2D eigenvalue weighted by Crippen LogP contribution is -2.18. The number of ether oxygens (including phenoxy) is 1. The second-order valence-corrected chi connectivity index (χ2v) is 4.53. The third-order valence-electron chi connectivity index (χ3n) is 2.86. The van der Waals surface area contributed by atoms with Crippen LogP contribution < -0.4 is 5.32 Å². The first-order valence-corrected chi connectivity index (χ1v) is 6.85. The molecule has 1 N–H and O–H groups in total. The van der Waals surface area contributed by atoms with Gasteiger partial charge in [0, 0.05) is 25.3 Å². The zero-order valence-corrected chi connectivity index (χ0v) is 11.7. The Balaban J connectivity index is 2.27. The fraction of sp³-hybridized carbons (Fsp3) is 0.533. The van der Waals surface area contributed by atoms with Crippen molar-refractivity contribution in [2.45, 2.75) is 32.7 Å². The Hall–Kier alpha value is -1.51. The van der Waals surface area contributed by atoms with E-state index in [0.29, 0.717) is 13.2 Å². The molecule has 0 atom stereocenters. The van der Waals surface area contributed by atoms with E-state index < -0.39 is 11.6 Å². The first-order chi connectivity index (χ1) is 9.69. The second-order valence-electron chi connectivity index (χ2n) is 4.53. The quantitative estimate of drug-likeness (QED) is 0.708.